The molecule has 261 valence electrons. The molecule has 3 aromatic heterocycles. The second-order valence-corrected chi connectivity index (χ2v) is 19.1. The summed E-state index contributed by atoms with van der Waals surface area (Å²) in [5, 5.41) is 3.03. The van der Waals surface area contributed by atoms with Crippen molar-refractivity contribution < 1.29 is 28.9 Å². The minimum atomic E-state index is -1.46. The number of aryl methyl sites for hydroxylation is 3. The maximum absolute atomic E-state index is 13.7. The molecule has 0 saturated heterocycles. The Balaban J connectivity index is 0.000000182. The van der Waals surface area contributed by atoms with Crippen LogP contribution in [0.3, 0.4) is 0 Å². The van der Waals surface area contributed by atoms with Crippen LogP contribution < -0.4 is 5.19 Å². The fourth-order valence-corrected chi connectivity index (χ4v) is 8.35. The number of halogens is 1. The third kappa shape index (κ3) is 7.61. The number of rotatable bonds is 5. The van der Waals surface area contributed by atoms with Gasteiger partial charge in [-0.15, -0.1) is 54.1 Å². The van der Waals surface area contributed by atoms with Crippen molar-refractivity contribution in [3.8, 4) is 44.8 Å². The van der Waals surface area contributed by atoms with Crippen LogP contribution in [0.15, 0.2) is 132 Å². The van der Waals surface area contributed by atoms with Crippen LogP contribution >= 0.6 is 0 Å². The normalized spacial score (nSPS) is 11.2. The second-order valence-electron chi connectivity index (χ2n) is 14.0. The number of furan rings is 1. The molecule has 0 aliphatic rings. The molecule has 8 aromatic rings. The summed E-state index contributed by atoms with van der Waals surface area (Å²) in [5.74, 6) is -0.278. The van der Waals surface area contributed by atoms with E-state index in [4.69, 9.17) is 9.40 Å². The average molecular weight is 875 g/mol. The van der Waals surface area contributed by atoms with Gasteiger partial charge in [0.25, 0.3) is 0 Å². The molecule has 0 N–H and O–H groups in total. The molecule has 52 heavy (non-hydrogen) atoms. The van der Waals surface area contributed by atoms with E-state index in [-0.39, 0.29) is 25.9 Å². The van der Waals surface area contributed by atoms with Crippen molar-refractivity contribution in [2.75, 3.05) is 0 Å². The molecule has 0 amide bonds. The van der Waals surface area contributed by atoms with Crippen LogP contribution in [0.25, 0.3) is 66.7 Å². The van der Waals surface area contributed by atoms with Crippen LogP contribution in [0.5, 0.6) is 0 Å². The Morgan fingerprint density at radius 1 is 0.673 bits per heavy atom. The molecule has 3 heterocycles. The van der Waals surface area contributed by atoms with Gasteiger partial charge in [-0.05, 0) is 95.0 Å². The largest absolute Gasteiger partial charge is 0.501 e. The Morgan fingerprint density at radius 3 is 2.13 bits per heavy atom. The first kappa shape index (κ1) is 36.8. The van der Waals surface area contributed by atoms with Crippen molar-refractivity contribution in [1.29, 1.82) is 0 Å². The predicted octanol–water partition coefficient (Wildman–Crippen LogP) is 11.9. The zero-order chi connectivity index (χ0) is 35.7. The maximum Gasteiger partial charge on any atom is 0.124 e. The molecule has 6 heteroatoms. The molecular formula is C46H39FIrN2OSi-2. The van der Waals surface area contributed by atoms with Gasteiger partial charge in [0.1, 0.15) is 11.4 Å². The Kier molecular flexibility index (Phi) is 10.8. The fourth-order valence-electron chi connectivity index (χ4n) is 6.87. The van der Waals surface area contributed by atoms with Crippen LogP contribution in [0.4, 0.5) is 4.39 Å². The molecule has 0 aliphatic carbocycles. The van der Waals surface area contributed by atoms with Crippen LogP contribution in [0.1, 0.15) is 16.7 Å². The molecule has 1 radical (unpaired) electrons. The quantitative estimate of drug-likeness (QED) is 0.128. The first-order valence-corrected chi connectivity index (χ1v) is 20.7. The molecule has 8 rings (SSSR count). The number of benzene rings is 5. The van der Waals surface area contributed by atoms with Crippen LogP contribution in [0, 0.1) is 38.7 Å². The standard InChI is InChI=1S/C26H19FNO.C20H20NSi.Ir/c1-15-11-16(2)25(17(3)12-15)18-9-10-28-23(13-18)21-6-4-5-20-22-14-19(27)7-8-24(22)29-26(20)21;1-22(2,3)20-15-21-19(17-12-8-5-9-13-17)14-18(20)16-10-6-4-7-11-16;/h4-5,7-14H,1-3H3;4-12,14-15H,1-3H3;/q2*-1;. The van der Waals surface area contributed by atoms with Crippen molar-refractivity contribution in [1.82, 2.24) is 9.97 Å². The van der Waals surface area contributed by atoms with Crippen LogP contribution in [-0.4, -0.2) is 18.0 Å². The van der Waals surface area contributed by atoms with Crippen molar-refractivity contribution in [2.24, 2.45) is 0 Å². The minimum absolute atomic E-state index is 0. The first-order chi connectivity index (χ1) is 24.6. The Hall–Kier alpha value is -5.00. The van der Waals surface area contributed by atoms with Gasteiger partial charge in [0.05, 0.1) is 13.7 Å². The third-order valence-electron chi connectivity index (χ3n) is 9.16. The van der Waals surface area contributed by atoms with Crippen molar-refractivity contribution in [3.63, 3.8) is 0 Å². The number of aromatic nitrogens is 2. The number of fused-ring (bicyclic) bond motifs is 3. The van der Waals surface area contributed by atoms with E-state index in [1.54, 1.807) is 6.07 Å². The van der Waals surface area contributed by atoms with Gasteiger partial charge in [0.2, 0.25) is 0 Å². The van der Waals surface area contributed by atoms with Gasteiger partial charge in [-0.25, -0.2) is 4.39 Å². The molecule has 0 saturated carbocycles. The van der Waals surface area contributed by atoms with E-state index in [2.05, 4.69) is 124 Å². The number of pyridine rings is 2. The maximum atomic E-state index is 13.7. The van der Waals surface area contributed by atoms with Gasteiger partial charge in [0.15, 0.2) is 0 Å². The number of hydrogen-bond acceptors (Lipinski definition) is 3. The van der Waals surface area contributed by atoms with E-state index < -0.39 is 8.07 Å². The second kappa shape index (κ2) is 15.3. The number of hydrogen-bond donors (Lipinski definition) is 0. The summed E-state index contributed by atoms with van der Waals surface area (Å²) in [6, 6.07) is 44.2. The first-order valence-electron chi connectivity index (χ1n) is 17.2. The minimum Gasteiger partial charge on any atom is -0.501 e. The molecule has 5 aromatic carbocycles. The average Bonchev–Trinajstić information content (AvgIpc) is 3.50. The predicted molar refractivity (Wildman–Crippen MR) is 212 cm³/mol. The van der Waals surface area contributed by atoms with Gasteiger partial charge in [-0.1, -0.05) is 90.8 Å². The van der Waals surface area contributed by atoms with E-state index in [0.717, 1.165) is 38.9 Å². The van der Waals surface area contributed by atoms with E-state index in [1.807, 2.05) is 42.6 Å². The van der Waals surface area contributed by atoms with Crippen molar-refractivity contribution in [2.45, 2.75) is 40.4 Å². The molecule has 0 atom stereocenters. The van der Waals surface area contributed by atoms with Gasteiger partial charge in [0, 0.05) is 37.9 Å². The summed E-state index contributed by atoms with van der Waals surface area (Å²) >= 11 is 0. The van der Waals surface area contributed by atoms with Crippen LogP contribution in [-0.2, 0) is 20.1 Å². The summed E-state index contributed by atoms with van der Waals surface area (Å²) in [4.78, 5) is 9.29. The third-order valence-corrected chi connectivity index (χ3v) is 11.2. The summed E-state index contributed by atoms with van der Waals surface area (Å²) in [7, 11) is -1.46. The molecule has 3 nitrogen and oxygen atoms in total. The number of nitrogens with zero attached hydrogens (tertiary/aromatic N) is 2. The fraction of sp³-hybridized carbons (Fsp3) is 0.130. The van der Waals surface area contributed by atoms with Gasteiger partial charge in [-0.3, -0.25) is 0 Å². The molecule has 0 fully saturated rings. The van der Waals surface area contributed by atoms with Crippen LogP contribution in [0.2, 0.25) is 19.6 Å². The summed E-state index contributed by atoms with van der Waals surface area (Å²) in [6.07, 6.45) is 3.89. The molecular weight excluding hydrogens is 836 g/mol. The monoisotopic (exact) mass is 875 g/mol. The zero-order valence-corrected chi connectivity index (χ0v) is 33.5. The Morgan fingerprint density at radius 2 is 1.42 bits per heavy atom. The summed E-state index contributed by atoms with van der Waals surface area (Å²) < 4.78 is 19.8. The van der Waals surface area contributed by atoms with E-state index >= 15 is 0 Å². The van der Waals surface area contributed by atoms with Gasteiger partial charge in [-0.2, -0.15) is 0 Å². The Bertz CT molecular complexity index is 2480. The summed E-state index contributed by atoms with van der Waals surface area (Å²) in [5.41, 5.74) is 13.6. The smallest absolute Gasteiger partial charge is 0.124 e. The molecule has 0 bridgehead atoms. The van der Waals surface area contributed by atoms with Crippen molar-refractivity contribution in [3.05, 3.63) is 162 Å². The molecule has 0 spiro atoms. The van der Waals surface area contributed by atoms with Crippen molar-refractivity contribution >= 4 is 35.2 Å². The topological polar surface area (TPSA) is 38.9 Å². The van der Waals surface area contributed by atoms with E-state index in [1.165, 1.54) is 50.7 Å². The van der Waals surface area contributed by atoms with E-state index in [9.17, 15) is 4.39 Å². The Labute approximate surface area is 320 Å². The van der Waals surface area contributed by atoms with E-state index in [0.29, 0.717) is 11.2 Å². The molecule has 0 unspecified atom stereocenters. The summed E-state index contributed by atoms with van der Waals surface area (Å²) in [6.45, 7) is 13.5. The molecule has 0 aliphatic heterocycles. The zero-order valence-electron chi connectivity index (χ0n) is 30.1. The van der Waals surface area contributed by atoms with Gasteiger partial charge < -0.3 is 14.4 Å². The van der Waals surface area contributed by atoms with Gasteiger partial charge >= 0.3 is 0 Å². The SMILES string of the molecule is C[Si](C)(C)c1cnc(-c2[c-]cccc2)cc1-c1ccccc1.Cc1cc(C)c(-c2ccnc(-c3[c-]ccc4c3oc3ccc(F)cc34)c2)c(C)c1.[Ir].